The lowest BCUT2D eigenvalue weighted by Gasteiger charge is -2.32. The molecule has 0 radical (unpaired) electrons. The van der Waals surface area contributed by atoms with Crippen LogP contribution in [-0.2, 0) is 0 Å². The monoisotopic (exact) mass is 319 g/mol. The molecule has 0 bridgehead atoms. The molecule has 4 nitrogen and oxygen atoms in total. The van der Waals surface area contributed by atoms with Crippen molar-refractivity contribution in [3.8, 4) is 11.4 Å². The van der Waals surface area contributed by atoms with Gasteiger partial charge in [-0.1, -0.05) is 42.5 Å². The van der Waals surface area contributed by atoms with Crippen LogP contribution in [0.4, 0.5) is 5.82 Å². The Bertz CT molecular complexity index is 827. The van der Waals surface area contributed by atoms with E-state index >= 15 is 0 Å². The zero-order chi connectivity index (χ0) is 16.4. The summed E-state index contributed by atoms with van der Waals surface area (Å²) in [5, 5.41) is 10.5. The Kier molecular flexibility index (Phi) is 4.13. The minimum absolute atomic E-state index is 0.285. The minimum Gasteiger partial charge on any atom is -0.396 e. The van der Waals surface area contributed by atoms with Crippen molar-refractivity contribution in [3.05, 3.63) is 54.6 Å². The van der Waals surface area contributed by atoms with Crippen LogP contribution in [0.3, 0.4) is 0 Å². The van der Waals surface area contributed by atoms with Crippen LogP contribution in [0.15, 0.2) is 54.6 Å². The third-order valence-electron chi connectivity index (χ3n) is 4.79. The Balaban J connectivity index is 1.79. The molecule has 1 aliphatic heterocycles. The number of benzene rings is 2. The first-order valence-corrected chi connectivity index (χ1v) is 8.53. The Hall–Kier alpha value is -2.46. The predicted molar refractivity (Wildman–Crippen MR) is 97.0 cm³/mol. The molecule has 0 unspecified atom stereocenters. The van der Waals surface area contributed by atoms with E-state index in [9.17, 15) is 5.11 Å². The number of aromatic nitrogens is 2. The van der Waals surface area contributed by atoms with E-state index in [-0.39, 0.29) is 6.61 Å². The molecule has 1 N–H and O–H groups in total. The third kappa shape index (κ3) is 2.85. The highest BCUT2D eigenvalue weighted by atomic mass is 16.3. The number of aliphatic hydroxyl groups is 1. The van der Waals surface area contributed by atoms with Crippen LogP contribution in [0.1, 0.15) is 12.8 Å². The molecular formula is C20H21N3O. The predicted octanol–water partition coefficient (Wildman–Crippen LogP) is 3.51. The number of hydrogen-bond donors (Lipinski definition) is 1. The molecule has 3 aromatic rings. The summed E-state index contributed by atoms with van der Waals surface area (Å²) >= 11 is 0. The number of fused-ring (bicyclic) bond motifs is 1. The lowest BCUT2D eigenvalue weighted by Crippen LogP contribution is -2.35. The highest BCUT2D eigenvalue weighted by molar-refractivity contribution is 5.91. The summed E-state index contributed by atoms with van der Waals surface area (Å²) < 4.78 is 0. The van der Waals surface area contributed by atoms with Crippen LogP contribution < -0.4 is 4.90 Å². The topological polar surface area (TPSA) is 49.2 Å². The smallest absolute Gasteiger partial charge is 0.162 e. The number of hydrogen-bond acceptors (Lipinski definition) is 4. The quantitative estimate of drug-likeness (QED) is 0.802. The standard InChI is InChI=1S/C20H21N3O/c24-14-15-10-12-23(13-11-15)20-17-8-4-5-9-18(17)21-19(22-20)16-6-2-1-3-7-16/h1-9,15,24H,10-14H2. The molecule has 0 aliphatic carbocycles. The zero-order valence-corrected chi connectivity index (χ0v) is 13.6. The molecule has 2 heterocycles. The van der Waals surface area contributed by atoms with Gasteiger partial charge in [0.2, 0.25) is 0 Å². The van der Waals surface area contributed by atoms with Crippen LogP contribution in [0, 0.1) is 5.92 Å². The Morgan fingerprint density at radius 2 is 1.62 bits per heavy atom. The highest BCUT2D eigenvalue weighted by Gasteiger charge is 2.22. The van der Waals surface area contributed by atoms with Crippen molar-refractivity contribution >= 4 is 16.7 Å². The molecule has 1 fully saturated rings. The minimum atomic E-state index is 0.285. The molecule has 1 aliphatic rings. The van der Waals surface area contributed by atoms with Crippen LogP contribution in [0.2, 0.25) is 0 Å². The summed E-state index contributed by atoms with van der Waals surface area (Å²) in [6.45, 7) is 2.15. The van der Waals surface area contributed by atoms with Crippen LogP contribution in [-0.4, -0.2) is 34.8 Å². The van der Waals surface area contributed by atoms with Crippen molar-refractivity contribution < 1.29 is 5.11 Å². The van der Waals surface area contributed by atoms with Gasteiger partial charge in [0.05, 0.1) is 5.52 Å². The molecule has 122 valence electrons. The van der Waals surface area contributed by atoms with Gasteiger partial charge in [0.25, 0.3) is 0 Å². The largest absolute Gasteiger partial charge is 0.396 e. The van der Waals surface area contributed by atoms with E-state index in [1.807, 2.05) is 48.5 Å². The van der Waals surface area contributed by atoms with Crippen molar-refractivity contribution in [2.45, 2.75) is 12.8 Å². The van der Waals surface area contributed by atoms with E-state index in [2.05, 4.69) is 11.0 Å². The maximum Gasteiger partial charge on any atom is 0.162 e. The number of aliphatic hydroxyl groups excluding tert-OH is 1. The van der Waals surface area contributed by atoms with E-state index in [4.69, 9.17) is 9.97 Å². The summed E-state index contributed by atoms with van der Waals surface area (Å²) in [6, 6.07) is 18.3. The fourth-order valence-corrected chi connectivity index (χ4v) is 3.34. The van der Waals surface area contributed by atoms with Gasteiger partial charge in [-0.3, -0.25) is 0 Å². The summed E-state index contributed by atoms with van der Waals surface area (Å²) in [5.41, 5.74) is 2.01. The maximum absolute atomic E-state index is 9.37. The van der Waals surface area contributed by atoms with Crippen LogP contribution >= 0.6 is 0 Å². The van der Waals surface area contributed by atoms with Gasteiger partial charge in [-0.15, -0.1) is 0 Å². The fourth-order valence-electron chi connectivity index (χ4n) is 3.34. The summed E-state index contributed by atoms with van der Waals surface area (Å²) in [5.74, 6) is 2.20. The lowest BCUT2D eigenvalue weighted by atomic mass is 9.97. The number of para-hydroxylation sites is 1. The highest BCUT2D eigenvalue weighted by Crippen LogP contribution is 2.30. The molecule has 0 saturated carbocycles. The van der Waals surface area contributed by atoms with Gasteiger partial charge in [0.15, 0.2) is 5.82 Å². The van der Waals surface area contributed by atoms with Crippen molar-refractivity contribution in [1.29, 1.82) is 0 Å². The zero-order valence-electron chi connectivity index (χ0n) is 13.6. The average Bonchev–Trinajstić information content (AvgIpc) is 2.68. The SMILES string of the molecule is OCC1CCN(c2nc(-c3ccccc3)nc3ccccc23)CC1. The Labute approximate surface area is 141 Å². The van der Waals surface area contributed by atoms with Gasteiger partial charge in [-0.05, 0) is 30.9 Å². The van der Waals surface area contributed by atoms with Gasteiger partial charge in [0, 0.05) is 30.6 Å². The van der Waals surface area contributed by atoms with E-state index in [0.29, 0.717) is 5.92 Å². The molecule has 4 heteroatoms. The van der Waals surface area contributed by atoms with Gasteiger partial charge in [0.1, 0.15) is 5.82 Å². The first kappa shape index (κ1) is 15.1. The van der Waals surface area contributed by atoms with Crippen molar-refractivity contribution in [2.24, 2.45) is 5.92 Å². The third-order valence-corrected chi connectivity index (χ3v) is 4.79. The van der Waals surface area contributed by atoms with Crippen LogP contribution in [0.25, 0.3) is 22.3 Å². The number of piperidine rings is 1. The number of anilines is 1. The fraction of sp³-hybridized carbons (Fsp3) is 0.300. The first-order valence-electron chi connectivity index (χ1n) is 8.53. The van der Waals surface area contributed by atoms with E-state index in [1.165, 1.54) is 0 Å². The summed E-state index contributed by atoms with van der Waals surface area (Å²) in [7, 11) is 0. The van der Waals surface area contributed by atoms with E-state index < -0.39 is 0 Å². The van der Waals surface area contributed by atoms with Gasteiger partial charge in [-0.2, -0.15) is 0 Å². The molecule has 0 spiro atoms. The van der Waals surface area contributed by atoms with E-state index in [0.717, 1.165) is 54.0 Å². The van der Waals surface area contributed by atoms with Crippen molar-refractivity contribution in [1.82, 2.24) is 9.97 Å². The second-order valence-corrected chi connectivity index (χ2v) is 6.37. The lowest BCUT2D eigenvalue weighted by molar-refractivity contribution is 0.203. The maximum atomic E-state index is 9.37. The van der Waals surface area contributed by atoms with Gasteiger partial charge < -0.3 is 10.0 Å². The Morgan fingerprint density at radius 3 is 2.38 bits per heavy atom. The molecule has 0 amide bonds. The number of nitrogens with zero attached hydrogens (tertiary/aromatic N) is 3. The molecule has 24 heavy (non-hydrogen) atoms. The number of rotatable bonds is 3. The van der Waals surface area contributed by atoms with Crippen LogP contribution in [0.5, 0.6) is 0 Å². The molecule has 1 saturated heterocycles. The van der Waals surface area contributed by atoms with E-state index in [1.54, 1.807) is 0 Å². The molecule has 2 aromatic carbocycles. The normalized spacial score (nSPS) is 15.8. The molecule has 0 atom stereocenters. The van der Waals surface area contributed by atoms with Gasteiger partial charge >= 0.3 is 0 Å². The Morgan fingerprint density at radius 1 is 0.917 bits per heavy atom. The molecule has 1 aromatic heterocycles. The molecular weight excluding hydrogens is 298 g/mol. The van der Waals surface area contributed by atoms with Crippen molar-refractivity contribution in [3.63, 3.8) is 0 Å². The first-order chi connectivity index (χ1) is 11.8. The second-order valence-electron chi connectivity index (χ2n) is 6.37. The second kappa shape index (κ2) is 6.57. The van der Waals surface area contributed by atoms with Gasteiger partial charge in [-0.25, -0.2) is 9.97 Å². The summed E-state index contributed by atoms with van der Waals surface area (Å²) in [6.07, 6.45) is 2.02. The molecule has 4 rings (SSSR count). The summed E-state index contributed by atoms with van der Waals surface area (Å²) in [4.78, 5) is 12.0. The van der Waals surface area contributed by atoms with Crippen molar-refractivity contribution in [2.75, 3.05) is 24.6 Å². The average molecular weight is 319 g/mol.